The van der Waals surface area contributed by atoms with E-state index in [0.29, 0.717) is 16.8 Å². The second kappa shape index (κ2) is 4.57. The van der Waals surface area contributed by atoms with Crippen LogP contribution < -0.4 is 5.73 Å². The van der Waals surface area contributed by atoms with Crippen LogP contribution in [0, 0.1) is 11.3 Å². The van der Waals surface area contributed by atoms with Crippen LogP contribution in [-0.4, -0.2) is 9.97 Å². The molecular formula is C12H7F3N4. The molecule has 0 bridgehead atoms. The highest BCUT2D eigenvalue weighted by atomic mass is 19.4. The number of aromatic nitrogens is 2. The number of halogens is 3. The molecule has 0 amide bonds. The van der Waals surface area contributed by atoms with Gasteiger partial charge in [-0.25, -0.2) is 9.97 Å². The van der Waals surface area contributed by atoms with Gasteiger partial charge in [-0.3, -0.25) is 0 Å². The molecule has 0 saturated carbocycles. The molecule has 0 unspecified atom stereocenters. The summed E-state index contributed by atoms with van der Waals surface area (Å²) < 4.78 is 37.0. The van der Waals surface area contributed by atoms with Crippen LogP contribution in [0.2, 0.25) is 0 Å². The number of anilines is 1. The molecule has 1 aromatic carbocycles. The average molecular weight is 264 g/mol. The van der Waals surface area contributed by atoms with Crippen LogP contribution in [0.5, 0.6) is 0 Å². The normalized spacial score (nSPS) is 11.1. The Morgan fingerprint density at radius 1 is 1.16 bits per heavy atom. The number of alkyl halides is 3. The van der Waals surface area contributed by atoms with Crippen molar-refractivity contribution in [2.24, 2.45) is 0 Å². The van der Waals surface area contributed by atoms with Crippen LogP contribution in [0.4, 0.5) is 18.9 Å². The second-order valence-corrected chi connectivity index (χ2v) is 3.71. The summed E-state index contributed by atoms with van der Waals surface area (Å²) in [5.41, 5.74) is 6.94. The lowest BCUT2D eigenvalue weighted by atomic mass is 10.0. The minimum absolute atomic E-state index is 0.253. The van der Waals surface area contributed by atoms with Gasteiger partial charge >= 0.3 is 6.18 Å². The highest BCUT2D eigenvalue weighted by Crippen LogP contribution is 2.28. The van der Waals surface area contributed by atoms with Gasteiger partial charge in [-0.05, 0) is 12.1 Å². The third-order valence-electron chi connectivity index (χ3n) is 2.38. The molecule has 4 nitrogen and oxygen atoms in total. The zero-order valence-corrected chi connectivity index (χ0v) is 9.44. The lowest BCUT2D eigenvalue weighted by molar-refractivity contribution is -0.144. The van der Waals surface area contributed by atoms with E-state index in [0.717, 1.165) is 12.4 Å². The minimum atomic E-state index is -4.59. The smallest absolute Gasteiger partial charge is 0.399 e. The van der Waals surface area contributed by atoms with E-state index in [4.69, 9.17) is 11.0 Å². The van der Waals surface area contributed by atoms with Gasteiger partial charge < -0.3 is 5.73 Å². The standard InChI is InChI=1S/C12H7F3N4/c13-12(14,15)11-18-5-8(6-19-11)10-2-1-9(17)3-7(10)4-16/h1-3,5-6H,17H2. The third-order valence-corrected chi connectivity index (χ3v) is 2.38. The van der Waals surface area contributed by atoms with Gasteiger partial charge in [-0.2, -0.15) is 18.4 Å². The number of benzene rings is 1. The molecule has 0 fully saturated rings. The summed E-state index contributed by atoms with van der Waals surface area (Å²) in [7, 11) is 0. The summed E-state index contributed by atoms with van der Waals surface area (Å²) in [6.45, 7) is 0. The Morgan fingerprint density at radius 3 is 2.32 bits per heavy atom. The second-order valence-electron chi connectivity index (χ2n) is 3.71. The zero-order chi connectivity index (χ0) is 14.0. The topological polar surface area (TPSA) is 75.6 Å². The number of hydrogen-bond donors (Lipinski definition) is 1. The summed E-state index contributed by atoms with van der Waals surface area (Å²) in [5, 5.41) is 8.96. The lowest BCUT2D eigenvalue weighted by Gasteiger charge is -2.07. The molecule has 0 saturated heterocycles. The molecule has 2 aromatic rings. The molecule has 19 heavy (non-hydrogen) atoms. The van der Waals surface area contributed by atoms with Crippen LogP contribution in [0.3, 0.4) is 0 Å². The lowest BCUT2D eigenvalue weighted by Crippen LogP contribution is -2.10. The molecule has 0 radical (unpaired) electrons. The van der Waals surface area contributed by atoms with E-state index in [1.165, 1.54) is 6.07 Å². The van der Waals surface area contributed by atoms with E-state index in [1.54, 1.807) is 12.1 Å². The van der Waals surface area contributed by atoms with Crippen molar-refractivity contribution in [3.8, 4) is 17.2 Å². The number of nitrogens with zero attached hydrogens (tertiary/aromatic N) is 3. The Labute approximate surface area is 106 Å². The SMILES string of the molecule is N#Cc1cc(N)ccc1-c1cnc(C(F)(F)F)nc1. The highest BCUT2D eigenvalue weighted by Gasteiger charge is 2.34. The van der Waals surface area contributed by atoms with Gasteiger partial charge in [0.15, 0.2) is 0 Å². The summed E-state index contributed by atoms with van der Waals surface area (Å²) in [6, 6.07) is 6.45. The number of hydrogen-bond acceptors (Lipinski definition) is 4. The Morgan fingerprint density at radius 2 is 1.79 bits per heavy atom. The molecule has 1 heterocycles. The molecular weight excluding hydrogens is 257 g/mol. The largest absolute Gasteiger partial charge is 0.451 e. The van der Waals surface area contributed by atoms with E-state index in [1.807, 2.05) is 6.07 Å². The van der Waals surface area contributed by atoms with E-state index in [-0.39, 0.29) is 5.56 Å². The van der Waals surface area contributed by atoms with Gasteiger partial charge in [0.2, 0.25) is 5.82 Å². The summed E-state index contributed by atoms with van der Waals surface area (Å²) in [6.07, 6.45) is -2.53. The third kappa shape index (κ3) is 2.63. The quantitative estimate of drug-likeness (QED) is 0.803. The van der Waals surface area contributed by atoms with Crippen molar-refractivity contribution in [2.45, 2.75) is 6.18 Å². The molecule has 0 aliphatic carbocycles. The molecule has 7 heteroatoms. The van der Waals surface area contributed by atoms with Gasteiger partial charge in [0.25, 0.3) is 0 Å². The van der Waals surface area contributed by atoms with Gasteiger partial charge in [0.1, 0.15) is 0 Å². The first-order valence-electron chi connectivity index (χ1n) is 5.11. The van der Waals surface area contributed by atoms with E-state index in [9.17, 15) is 13.2 Å². The Hall–Kier alpha value is -2.62. The molecule has 2 rings (SSSR count). The number of nitrogens with two attached hydrogens (primary N) is 1. The van der Waals surface area contributed by atoms with Crippen LogP contribution in [-0.2, 0) is 6.18 Å². The van der Waals surface area contributed by atoms with Crippen molar-refractivity contribution in [3.63, 3.8) is 0 Å². The summed E-state index contributed by atoms with van der Waals surface area (Å²) >= 11 is 0. The van der Waals surface area contributed by atoms with Crippen molar-refractivity contribution in [1.82, 2.24) is 9.97 Å². The molecule has 0 aliphatic rings. The number of nitrogen functional groups attached to an aromatic ring is 1. The van der Waals surface area contributed by atoms with Crippen molar-refractivity contribution < 1.29 is 13.2 Å². The fourth-order valence-corrected chi connectivity index (χ4v) is 1.52. The predicted molar refractivity (Wildman–Crippen MR) is 61.6 cm³/mol. The van der Waals surface area contributed by atoms with Crippen molar-refractivity contribution in [2.75, 3.05) is 5.73 Å². The Kier molecular flexibility index (Phi) is 3.09. The van der Waals surface area contributed by atoms with Crippen LogP contribution in [0.15, 0.2) is 30.6 Å². The fraction of sp³-hybridized carbons (Fsp3) is 0.0833. The van der Waals surface area contributed by atoms with E-state index >= 15 is 0 Å². The predicted octanol–water partition coefficient (Wildman–Crippen LogP) is 2.62. The highest BCUT2D eigenvalue weighted by molar-refractivity contribution is 5.71. The minimum Gasteiger partial charge on any atom is -0.399 e. The molecule has 0 atom stereocenters. The first kappa shape index (κ1) is 12.8. The zero-order valence-electron chi connectivity index (χ0n) is 9.44. The van der Waals surface area contributed by atoms with Gasteiger partial charge in [-0.15, -0.1) is 0 Å². The average Bonchev–Trinajstić information content (AvgIpc) is 2.37. The van der Waals surface area contributed by atoms with Gasteiger partial charge in [0.05, 0.1) is 11.6 Å². The van der Waals surface area contributed by atoms with Crippen LogP contribution in [0.1, 0.15) is 11.4 Å². The number of rotatable bonds is 1. The Balaban J connectivity index is 2.47. The monoisotopic (exact) mass is 264 g/mol. The number of nitriles is 1. The summed E-state index contributed by atoms with van der Waals surface area (Å²) in [5.74, 6) is -1.22. The fourth-order valence-electron chi connectivity index (χ4n) is 1.52. The molecule has 96 valence electrons. The van der Waals surface area contributed by atoms with Gasteiger partial charge in [-0.1, -0.05) is 6.07 Å². The van der Waals surface area contributed by atoms with Crippen LogP contribution in [0.25, 0.3) is 11.1 Å². The van der Waals surface area contributed by atoms with Crippen molar-refractivity contribution >= 4 is 5.69 Å². The maximum atomic E-state index is 12.3. The maximum Gasteiger partial charge on any atom is 0.451 e. The molecule has 0 spiro atoms. The van der Waals surface area contributed by atoms with Crippen LogP contribution >= 0.6 is 0 Å². The van der Waals surface area contributed by atoms with E-state index < -0.39 is 12.0 Å². The van der Waals surface area contributed by atoms with E-state index in [2.05, 4.69) is 9.97 Å². The molecule has 2 N–H and O–H groups in total. The summed E-state index contributed by atoms with van der Waals surface area (Å²) in [4.78, 5) is 6.49. The van der Waals surface area contributed by atoms with Crippen molar-refractivity contribution in [3.05, 3.63) is 42.0 Å². The van der Waals surface area contributed by atoms with Crippen molar-refractivity contribution in [1.29, 1.82) is 5.26 Å². The van der Waals surface area contributed by atoms with Gasteiger partial charge in [0, 0.05) is 29.2 Å². The first-order chi connectivity index (χ1) is 8.91. The molecule has 1 aromatic heterocycles. The Bertz CT molecular complexity index is 642. The maximum absolute atomic E-state index is 12.3. The molecule has 0 aliphatic heterocycles. The first-order valence-corrected chi connectivity index (χ1v) is 5.11.